The quantitative estimate of drug-likeness (QED) is 0.503. The fourth-order valence-electron chi connectivity index (χ4n) is 3.10. The zero-order chi connectivity index (χ0) is 18.8. The van der Waals surface area contributed by atoms with E-state index >= 15 is 0 Å². The largest absolute Gasteiger partial charge is 0.465 e. The molecule has 0 aliphatic carbocycles. The summed E-state index contributed by atoms with van der Waals surface area (Å²) < 4.78 is 10.6. The topological polar surface area (TPSA) is 52.6 Å². The van der Waals surface area contributed by atoms with E-state index in [4.69, 9.17) is 9.47 Å². The Morgan fingerprint density at radius 3 is 1.81 bits per heavy atom. The zero-order valence-electron chi connectivity index (χ0n) is 15.4. The third kappa shape index (κ3) is 4.51. The highest BCUT2D eigenvalue weighted by Crippen LogP contribution is 2.33. The van der Waals surface area contributed by atoms with Crippen molar-refractivity contribution in [2.24, 2.45) is 0 Å². The van der Waals surface area contributed by atoms with Crippen LogP contribution in [0.25, 0.3) is 0 Å². The normalized spacial score (nSPS) is 11.0. The average molecular weight is 354 g/mol. The Labute approximate surface area is 155 Å². The molecule has 2 rings (SSSR count). The third-order valence-electron chi connectivity index (χ3n) is 4.37. The van der Waals surface area contributed by atoms with Crippen molar-refractivity contribution in [3.05, 3.63) is 71.8 Å². The smallest absolute Gasteiger partial charge is 0.328 e. The molecule has 0 amide bonds. The van der Waals surface area contributed by atoms with Gasteiger partial charge in [0.2, 0.25) is 0 Å². The van der Waals surface area contributed by atoms with Crippen LogP contribution in [0.5, 0.6) is 0 Å². The SMILES string of the molecule is CCOC(=O)C(CCCc1ccccc1)(C(=O)OCC)c1ccccc1. The van der Waals surface area contributed by atoms with Gasteiger partial charge in [-0.3, -0.25) is 9.59 Å². The van der Waals surface area contributed by atoms with Gasteiger partial charge in [-0.15, -0.1) is 0 Å². The van der Waals surface area contributed by atoms with Gasteiger partial charge in [-0.05, 0) is 44.2 Å². The number of aryl methyl sites for hydroxylation is 1. The summed E-state index contributed by atoms with van der Waals surface area (Å²) in [6.45, 7) is 3.91. The van der Waals surface area contributed by atoms with Crippen molar-refractivity contribution in [1.82, 2.24) is 0 Å². The van der Waals surface area contributed by atoms with Gasteiger partial charge >= 0.3 is 11.9 Å². The molecular weight excluding hydrogens is 328 g/mol. The van der Waals surface area contributed by atoms with Crippen LogP contribution in [0.3, 0.4) is 0 Å². The summed E-state index contributed by atoms with van der Waals surface area (Å²) in [5.74, 6) is -1.09. The Morgan fingerprint density at radius 2 is 1.31 bits per heavy atom. The minimum atomic E-state index is -1.43. The van der Waals surface area contributed by atoms with E-state index in [0.29, 0.717) is 18.4 Å². The number of carbonyl (C=O) groups is 2. The summed E-state index contributed by atoms with van der Waals surface area (Å²) in [6.07, 6.45) is 1.77. The van der Waals surface area contributed by atoms with Gasteiger partial charge in [-0.25, -0.2) is 0 Å². The van der Waals surface area contributed by atoms with Gasteiger partial charge in [0, 0.05) is 0 Å². The van der Waals surface area contributed by atoms with Crippen LogP contribution in [0.4, 0.5) is 0 Å². The van der Waals surface area contributed by atoms with E-state index < -0.39 is 17.4 Å². The number of hydrogen-bond acceptors (Lipinski definition) is 4. The van der Waals surface area contributed by atoms with Crippen LogP contribution in [0.2, 0.25) is 0 Å². The van der Waals surface area contributed by atoms with Crippen molar-refractivity contribution in [2.45, 2.75) is 38.5 Å². The van der Waals surface area contributed by atoms with Crippen molar-refractivity contribution in [3.63, 3.8) is 0 Å². The fourth-order valence-corrected chi connectivity index (χ4v) is 3.10. The highest BCUT2D eigenvalue weighted by Gasteiger charge is 2.49. The summed E-state index contributed by atoms with van der Waals surface area (Å²) >= 11 is 0. The molecule has 0 heterocycles. The minimum Gasteiger partial charge on any atom is -0.465 e. The molecule has 0 saturated heterocycles. The van der Waals surface area contributed by atoms with E-state index in [0.717, 1.165) is 6.42 Å². The Balaban J connectivity index is 2.34. The number of benzene rings is 2. The highest BCUT2D eigenvalue weighted by atomic mass is 16.6. The van der Waals surface area contributed by atoms with E-state index in [1.54, 1.807) is 26.0 Å². The van der Waals surface area contributed by atoms with E-state index in [1.165, 1.54) is 5.56 Å². The molecule has 2 aromatic carbocycles. The lowest BCUT2D eigenvalue weighted by Crippen LogP contribution is -2.46. The molecule has 0 N–H and O–H groups in total. The predicted octanol–water partition coefficient (Wildman–Crippen LogP) is 4.07. The van der Waals surface area contributed by atoms with Crippen molar-refractivity contribution in [1.29, 1.82) is 0 Å². The van der Waals surface area contributed by atoms with Crippen molar-refractivity contribution >= 4 is 11.9 Å². The first-order valence-corrected chi connectivity index (χ1v) is 9.09. The lowest BCUT2D eigenvalue weighted by Gasteiger charge is -2.29. The van der Waals surface area contributed by atoms with Crippen LogP contribution < -0.4 is 0 Å². The second-order valence-corrected chi connectivity index (χ2v) is 6.05. The predicted molar refractivity (Wildman–Crippen MR) is 101 cm³/mol. The first-order chi connectivity index (χ1) is 12.6. The van der Waals surface area contributed by atoms with Crippen LogP contribution in [0.15, 0.2) is 60.7 Å². The molecule has 0 aliphatic rings. The fraction of sp³-hybridized carbons (Fsp3) is 0.364. The van der Waals surface area contributed by atoms with Gasteiger partial charge < -0.3 is 9.47 Å². The Hall–Kier alpha value is -2.62. The molecule has 2 aromatic rings. The number of hydrogen-bond donors (Lipinski definition) is 0. The summed E-state index contributed by atoms with van der Waals surface area (Å²) in [4.78, 5) is 25.8. The van der Waals surface area contributed by atoms with Gasteiger partial charge in [0.15, 0.2) is 5.41 Å². The molecule has 0 aliphatic heterocycles. The first-order valence-electron chi connectivity index (χ1n) is 9.09. The van der Waals surface area contributed by atoms with E-state index in [9.17, 15) is 9.59 Å². The van der Waals surface area contributed by atoms with Crippen molar-refractivity contribution < 1.29 is 19.1 Å². The number of ether oxygens (including phenoxy) is 2. The molecule has 0 radical (unpaired) electrons. The summed E-state index contributed by atoms with van der Waals surface area (Å²) in [6, 6.07) is 19.1. The number of carbonyl (C=O) groups excluding carboxylic acids is 2. The molecule has 0 unspecified atom stereocenters. The summed E-state index contributed by atoms with van der Waals surface area (Å²) in [7, 11) is 0. The van der Waals surface area contributed by atoms with Gasteiger partial charge in [0.05, 0.1) is 13.2 Å². The molecule has 0 saturated carbocycles. The molecule has 26 heavy (non-hydrogen) atoms. The zero-order valence-corrected chi connectivity index (χ0v) is 15.4. The first kappa shape index (κ1) is 19.7. The molecular formula is C22H26O4. The lowest BCUT2D eigenvalue weighted by molar-refractivity contribution is -0.165. The van der Waals surface area contributed by atoms with Crippen LogP contribution in [-0.4, -0.2) is 25.2 Å². The number of rotatable bonds is 9. The Morgan fingerprint density at radius 1 is 0.808 bits per heavy atom. The van der Waals surface area contributed by atoms with Crippen LogP contribution in [0.1, 0.15) is 37.8 Å². The maximum Gasteiger partial charge on any atom is 0.328 e. The standard InChI is InChI=1S/C22H26O4/c1-3-25-20(23)22(21(24)26-4-2,19-15-9-6-10-16-19)17-11-14-18-12-7-5-8-13-18/h5-10,12-13,15-16H,3-4,11,14,17H2,1-2H3. The van der Waals surface area contributed by atoms with Gasteiger partial charge in [0.25, 0.3) is 0 Å². The highest BCUT2D eigenvalue weighted by molar-refractivity contribution is 6.06. The Kier molecular flexibility index (Phi) is 7.39. The van der Waals surface area contributed by atoms with Gasteiger partial charge in [-0.1, -0.05) is 60.7 Å². The van der Waals surface area contributed by atoms with Crippen molar-refractivity contribution in [3.8, 4) is 0 Å². The maximum absolute atomic E-state index is 12.9. The number of esters is 2. The van der Waals surface area contributed by atoms with Crippen LogP contribution >= 0.6 is 0 Å². The molecule has 0 spiro atoms. The van der Waals surface area contributed by atoms with Crippen molar-refractivity contribution in [2.75, 3.05) is 13.2 Å². The second kappa shape index (κ2) is 9.76. The second-order valence-electron chi connectivity index (χ2n) is 6.05. The maximum atomic E-state index is 12.9. The summed E-state index contributed by atoms with van der Waals surface area (Å²) in [5, 5.41) is 0. The van der Waals surface area contributed by atoms with Crippen LogP contribution in [0, 0.1) is 0 Å². The minimum absolute atomic E-state index is 0.214. The van der Waals surface area contributed by atoms with Gasteiger partial charge in [-0.2, -0.15) is 0 Å². The third-order valence-corrected chi connectivity index (χ3v) is 4.37. The molecule has 4 heteroatoms. The van der Waals surface area contributed by atoms with E-state index in [1.807, 2.05) is 48.5 Å². The summed E-state index contributed by atoms with van der Waals surface area (Å²) in [5.41, 5.74) is 0.356. The molecule has 0 bridgehead atoms. The monoisotopic (exact) mass is 354 g/mol. The van der Waals surface area contributed by atoms with E-state index in [-0.39, 0.29) is 13.2 Å². The molecule has 0 atom stereocenters. The molecule has 4 nitrogen and oxygen atoms in total. The lowest BCUT2D eigenvalue weighted by atomic mass is 9.76. The van der Waals surface area contributed by atoms with Crippen LogP contribution in [-0.2, 0) is 30.9 Å². The molecule has 138 valence electrons. The van der Waals surface area contributed by atoms with Gasteiger partial charge in [0.1, 0.15) is 0 Å². The van der Waals surface area contributed by atoms with E-state index in [2.05, 4.69) is 0 Å². The molecule has 0 fully saturated rings. The average Bonchev–Trinajstić information content (AvgIpc) is 2.67. The Bertz CT molecular complexity index is 677. The molecule has 0 aromatic heterocycles.